The van der Waals surface area contributed by atoms with Gasteiger partial charge in [0.2, 0.25) is 5.69 Å². The van der Waals surface area contributed by atoms with Gasteiger partial charge in [-0.25, -0.2) is 18.6 Å². The van der Waals surface area contributed by atoms with Crippen LogP contribution in [0.3, 0.4) is 0 Å². The molecule has 0 saturated heterocycles. The molecule has 0 saturated carbocycles. The van der Waals surface area contributed by atoms with Crippen LogP contribution < -0.4 is 23.5 Å². The van der Waals surface area contributed by atoms with Crippen molar-refractivity contribution in [3.63, 3.8) is 0 Å². The summed E-state index contributed by atoms with van der Waals surface area (Å²) in [7, 11) is -4.94. The number of fused-ring (bicyclic) bond motifs is 2. The van der Waals surface area contributed by atoms with E-state index in [1.54, 1.807) is 0 Å². The van der Waals surface area contributed by atoms with Crippen molar-refractivity contribution in [1.29, 1.82) is 0 Å². The third-order valence-corrected chi connectivity index (χ3v) is 9.90. The minimum absolute atomic E-state index is 0.0311. The third kappa shape index (κ3) is 8.04. The number of allylic oxidation sites excluding steroid dienone is 8. The van der Waals surface area contributed by atoms with E-state index in [4.69, 9.17) is 30.2 Å². The lowest BCUT2D eigenvalue weighted by Crippen LogP contribution is -2.68. The average Bonchev–Trinajstić information content (AvgIpc) is 3.35. The zero-order valence-corrected chi connectivity index (χ0v) is 29.6. The number of benzene rings is 2. The average molecular weight is 668 g/mol. The van der Waals surface area contributed by atoms with Crippen molar-refractivity contribution < 1.29 is 33.5 Å². The maximum absolute atomic E-state index is 8.49. The molecular weight excluding hydrogens is 619 g/mol. The van der Waals surface area contributed by atoms with Crippen LogP contribution in [0.15, 0.2) is 94.7 Å². The molecule has 0 N–H and O–H groups in total. The van der Waals surface area contributed by atoms with E-state index in [0.717, 1.165) is 37.4 Å². The fraction of sp³-hybridized carbons (Fsp3) is 0.447. The van der Waals surface area contributed by atoms with Crippen molar-refractivity contribution in [2.75, 3.05) is 18.0 Å². The molecule has 2 aromatic rings. The maximum Gasteiger partial charge on any atom is 0.209 e. The first-order valence-corrected chi connectivity index (χ1v) is 18.0. The summed E-state index contributed by atoms with van der Waals surface area (Å²) in [5.41, 5.74) is 10.7. The van der Waals surface area contributed by atoms with Crippen LogP contribution in [0.4, 0.5) is 11.4 Å². The third-order valence-electron chi connectivity index (χ3n) is 9.41. The van der Waals surface area contributed by atoms with Gasteiger partial charge in [0.1, 0.15) is 6.54 Å². The molecule has 46 heavy (non-hydrogen) atoms. The number of para-hydroxylation sites is 2. The Morgan fingerprint density at radius 3 is 2.13 bits per heavy atom. The van der Waals surface area contributed by atoms with E-state index in [9.17, 15) is 0 Å². The minimum atomic E-state index is -4.94. The molecule has 3 aliphatic rings. The number of unbranched alkanes of at least 4 members (excludes halogenated alkanes) is 2. The highest BCUT2D eigenvalue weighted by Crippen LogP contribution is 2.48. The van der Waals surface area contributed by atoms with Gasteiger partial charge in [0, 0.05) is 52.5 Å². The Morgan fingerprint density at radius 1 is 0.826 bits per heavy atom. The summed E-state index contributed by atoms with van der Waals surface area (Å²) in [6, 6.07) is 17.8. The second-order valence-electron chi connectivity index (χ2n) is 13.3. The van der Waals surface area contributed by atoms with Crippen LogP contribution in [0.5, 0.6) is 0 Å². The molecule has 0 aromatic heterocycles. The molecule has 0 unspecified atom stereocenters. The van der Waals surface area contributed by atoms with E-state index in [0.29, 0.717) is 0 Å². The van der Waals surface area contributed by atoms with E-state index >= 15 is 0 Å². The van der Waals surface area contributed by atoms with Gasteiger partial charge in [0.05, 0.1) is 5.41 Å². The van der Waals surface area contributed by atoms with E-state index in [2.05, 4.69) is 124 Å². The Kier molecular flexibility index (Phi) is 11.8. The number of hydrogen-bond acceptors (Lipinski definition) is 5. The summed E-state index contributed by atoms with van der Waals surface area (Å²) < 4.78 is 36.5. The lowest BCUT2D eigenvalue weighted by Gasteiger charge is -2.27. The second-order valence-corrected chi connectivity index (χ2v) is 14.5. The van der Waals surface area contributed by atoms with Crippen molar-refractivity contribution in [2.24, 2.45) is 0 Å². The van der Waals surface area contributed by atoms with Crippen LogP contribution in [-0.2, 0) is 10.8 Å². The highest BCUT2D eigenvalue weighted by Gasteiger charge is 2.44. The predicted molar refractivity (Wildman–Crippen MR) is 178 cm³/mol. The van der Waals surface area contributed by atoms with Crippen molar-refractivity contribution in [3.05, 3.63) is 106 Å². The highest BCUT2D eigenvalue weighted by molar-refractivity contribution is 6.32. The van der Waals surface area contributed by atoms with E-state index in [1.807, 2.05) is 0 Å². The van der Waals surface area contributed by atoms with Crippen LogP contribution in [0.2, 0.25) is 0 Å². The quantitative estimate of drug-likeness (QED) is 0.318. The van der Waals surface area contributed by atoms with Gasteiger partial charge >= 0.3 is 0 Å². The van der Waals surface area contributed by atoms with Crippen LogP contribution in [0.25, 0.3) is 0 Å². The van der Waals surface area contributed by atoms with E-state index in [1.165, 1.54) is 70.7 Å². The van der Waals surface area contributed by atoms with Gasteiger partial charge in [-0.2, -0.15) is 4.58 Å². The van der Waals surface area contributed by atoms with Gasteiger partial charge in [0.15, 0.2) is 5.71 Å². The number of rotatable bonds is 9. The van der Waals surface area contributed by atoms with Crippen LogP contribution in [0, 0.1) is 10.2 Å². The molecule has 1 aliphatic carbocycles. The summed E-state index contributed by atoms with van der Waals surface area (Å²) in [4.78, 5) is 2.54. The summed E-state index contributed by atoms with van der Waals surface area (Å²) in [5.74, 6) is 0. The molecule has 0 atom stereocenters. The Labute approximate surface area is 282 Å². The summed E-state index contributed by atoms with van der Waals surface area (Å²) in [6.07, 6.45) is 17.3. The number of anilines is 1. The molecule has 248 valence electrons. The number of hydrogen-bond donors (Lipinski definition) is 0. The molecule has 0 fully saturated rings. The molecule has 2 heterocycles. The molecule has 0 amide bonds. The normalized spacial score (nSPS) is 20.5. The summed E-state index contributed by atoms with van der Waals surface area (Å²) >= 11 is 7.17. The monoisotopic (exact) mass is 666 g/mol. The molecular formula is C38H48Cl2N2O4. The Bertz CT molecular complexity index is 1550. The predicted octanol–water partition coefficient (Wildman–Crippen LogP) is 5.75. The fourth-order valence-electron chi connectivity index (χ4n) is 6.96. The van der Waals surface area contributed by atoms with Gasteiger partial charge in [-0.05, 0) is 68.4 Å². The number of nitrogens with zero attached hydrogens (tertiary/aromatic N) is 2. The standard InChI is InChI=1S/C38H48ClN2.ClHO4/c1-7-9-26-40-32-20-13-11-18-30(32)37(3,4)34(40)24-22-28-16-15-17-29(36(28)39)23-25-35-38(5,6)31-19-12-14-21-33(31)41(35)27-10-8-2;2-1(3,4)5/h11-14,18-25H,7-10,15-17,26-27H2,1-6H3;(H,2,3,4,5)/q+1;/p-1. The fourth-order valence-corrected chi connectivity index (χ4v) is 7.28. The van der Waals surface area contributed by atoms with Gasteiger partial charge in [0.25, 0.3) is 0 Å². The van der Waals surface area contributed by atoms with Gasteiger partial charge in [-0.3, -0.25) is 0 Å². The van der Waals surface area contributed by atoms with Gasteiger partial charge < -0.3 is 4.90 Å². The highest BCUT2D eigenvalue weighted by atomic mass is 35.7. The lowest BCUT2D eigenvalue weighted by atomic mass is 9.81. The summed E-state index contributed by atoms with van der Waals surface area (Å²) in [6.45, 7) is 16.1. The van der Waals surface area contributed by atoms with Crippen LogP contribution in [-0.4, -0.2) is 23.4 Å². The molecule has 6 nitrogen and oxygen atoms in total. The molecule has 0 radical (unpaired) electrons. The maximum atomic E-state index is 8.49. The smallest absolute Gasteiger partial charge is 0.209 e. The van der Waals surface area contributed by atoms with Crippen molar-refractivity contribution in [3.8, 4) is 0 Å². The topological polar surface area (TPSA) is 98.5 Å². The largest absolute Gasteiger partial charge is 0.344 e. The second kappa shape index (κ2) is 15.0. The lowest BCUT2D eigenvalue weighted by molar-refractivity contribution is -2.00. The number of halogens is 2. The van der Waals surface area contributed by atoms with E-state index in [-0.39, 0.29) is 10.8 Å². The Morgan fingerprint density at radius 2 is 1.46 bits per heavy atom. The minimum Gasteiger partial charge on any atom is -0.344 e. The zero-order chi connectivity index (χ0) is 33.7. The van der Waals surface area contributed by atoms with Crippen LogP contribution in [0.1, 0.15) is 97.6 Å². The van der Waals surface area contributed by atoms with Gasteiger partial charge in [-0.1, -0.05) is 101 Å². The molecule has 2 aliphatic heterocycles. The van der Waals surface area contributed by atoms with Gasteiger partial charge in [-0.15, -0.1) is 10.2 Å². The van der Waals surface area contributed by atoms with Crippen molar-refractivity contribution in [2.45, 2.75) is 97.3 Å². The summed E-state index contributed by atoms with van der Waals surface area (Å²) in [5, 5.41) is 0.937. The van der Waals surface area contributed by atoms with E-state index < -0.39 is 10.2 Å². The van der Waals surface area contributed by atoms with Crippen LogP contribution >= 0.6 is 11.6 Å². The molecule has 5 rings (SSSR count). The molecule has 8 heteroatoms. The Hall–Kier alpha value is -2.71. The first kappa shape index (κ1) is 36.1. The first-order chi connectivity index (χ1) is 21.7. The molecule has 0 spiro atoms. The Balaban J connectivity index is 0.000000892. The first-order valence-electron chi connectivity index (χ1n) is 16.4. The van der Waals surface area contributed by atoms with Crippen molar-refractivity contribution in [1.82, 2.24) is 0 Å². The zero-order valence-electron chi connectivity index (χ0n) is 28.1. The molecule has 2 aromatic carbocycles. The van der Waals surface area contributed by atoms with Crippen molar-refractivity contribution >= 4 is 28.7 Å². The molecule has 0 bridgehead atoms. The SMILES string of the molecule is CCCCN1/C(=C/C=C2\CCCC(/C=C/C3=[N+](CCCC)c4ccccc4C3(C)C)=C2Cl)C(C)(C)c2ccccc21.[O-][Cl+3]([O-])([O-])[O-].